The molecule has 0 amide bonds. The average Bonchev–Trinajstić information content (AvgIpc) is 2.25. The molecule has 0 aliphatic carbocycles. The Kier molecular flexibility index (Phi) is 5.32. The van der Waals surface area contributed by atoms with Crippen LogP contribution in [0.2, 0.25) is 0 Å². The fraction of sp³-hybridized carbons (Fsp3) is 0.462. The number of phenols is 1. The molecule has 2 unspecified atom stereocenters. The lowest BCUT2D eigenvalue weighted by Crippen LogP contribution is -2.35. The van der Waals surface area contributed by atoms with Gasteiger partial charge in [0, 0.05) is 6.04 Å². The first kappa shape index (κ1) is 17.4. The SMILES string of the molecule is Cc1cc(O)c(C(=O)O)cc1S(=O)(=O)NC(C)CC(C)O. The van der Waals surface area contributed by atoms with Crippen molar-refractivity contribution in [1.82, 2.24) is 4.72 Å². The number of carbonyl (C=O) groups is 1. The minimum Gasteiger partial charge on any atom is -0.507 e. The molecule has 0 heterocycles. The first-order chi connectivity index (χ1) is 9.54. The van der Waals surface area contributed by atoms with Crippen molar-refractivity contribution in [3.05, 3.63) is 23.3 Å². The number of aliphatic hydroxyl groups is 1. The van der Waals surface area contributed by atoms with Gasteiger partial charge in [-0.05, 0) is 44.9 Å². The van der Waals surface area contributed by atoms with E-state index in [4.69, 9.17) is 5.11 Å². The number of hydrogen-bond donors (Lipinski definition) is 4. The highest BCUT2D eigenvalue weighted by atomic mass is 32.2. The largest absolute Gasteiger partial charge is 0.507 e. The van der Waals surface area contributed by atoms with Gasteiger partial charge in [-0.25, -0.2) is 17.9 Å². The molecule has 0 bridgehead atoms. The van der Waals surface area contributed by atoms with Gasteiger partial charge in [0.15, 0.2) is 0 Å². The van der Waals surface area contributed by atoms with Crippen LogP contribution in [0.5, 0.6) is 5.75 Å². The van der Waals surface area contributed by atoms with E-state index < -0.39 is 39.5 Å². The zero-order valence-corrected chi connectivity index (χ0v) is 12.8. The molecule has 1 rings (SSSR count). The van der Waals surface area contributed by atoms with E-state index in [0.29, 0.717) is 0 Å². The number of aromatic carboxylic acids is 1. The highest BCUT2D eigenvalue weighted by Gasteiger charge is 2.23. The third kappa shape index (κ3) is 4.42. The molecule has 1 aromatic carbocycles. The molecular weight excluding hydrogens is 298 g/mol. The van der Waals surface area contributed by atoms with Gasteiger partial charge in [0.25, 0.3) is 0 Å². The Bertz CT molecular complexity index is 638. The number of rotatable bonds is 6. The minimum atomic E-state index is -3.94. The molecule has 7 nitrogen and oxygen atoms in total. The molecule has 0 spiro atoms. The number of hydrogen-bond acceptors (Lipinski definition) is 5. The summed E-state index contributed by atoms with van der Waals surface area (Å²) in [5.74, 6) is -1.91. The monoisotopic (exact) mass is 317 g/mol. The molecule has 8 heteroatoms. The number of carboxylic acid groups (broad SMARTS) is 1. The van der Waals surface area contributed by atoms with Crippen LogP contribution < -0.4 is 4.72 Å². The number of benzene rings is 1. The highest BCUT2D eigenvalue weighted by Crippen LogP contribution is 2.25. The fourth-order valence-electron chi connectivity index (χ4n) is 2.02. The van der Waals surface area contributed by atoms with E-state index in [1.165, 1.54) is 6.92 Å². The van der Waals surface area contributed by atoms with E-state index in [2.05, 4.69) is 4.72 Å². The minimum absolute atomic E-state index is 0.213. The maximum absolute atomic E-state index is 12.3. The van der Waals surface area contributed by atoms with E-state index in [1.54, 1.807) is 13.8 Å². The Balaban J connectivity index is 3.19. The molecule has 0 fully saturated rings. The van der Waals surface area contributed by atoms with Gasteiger partial charge in [-0.15, -0.1) is 0 Å². The van der Waals surface area contributed by atoms with Crippen LogP contribution in [0.4, 0.5) is 0 Å². The Labute approximate surface area is 123 Å². The lowest BCUT2D eigenvalue weighted by atomic mass is 10.1. The maximum atomic E-state index is 12.3. The van der Waals surface area contributed by atoms with Crippen molar-refractivity contribution in [2.24, 2.45) is 0 Å². The number of sulfonamides is 1. The summed E-state index contributed by atoms with van der Waals surface area (Å²) in [4.78, 5) is 10.8. The number of aliphatic hydroxyl groups excluding tert-OH is 1. The summed E-state index contributed by atoms with van der Waals surface area (Å²) < 4.78 is 26.9. The summed E-state index contributed by atoms with van der Waals surface area (Å²) in [5, 5.41) is 27.7. The standard InChI is InChI=1S/C13H19NO6S/c1-7-4-11(16)10(13(17)18)6-12(7)21(19,20)14-8(2)5-9(3)15/h4,6,8-9,14-16H,5H2,1-3H3,(H,17,18). The summed E-state index contributed by atoms with van der Waals surface area (Å²) in [6.45, 7) is 4.59. The molecular formula is C13H19NO6S. The van der Waals surface area contributed by atoms with Crippen LogP contribution in [0.1, 0.15) is 36.2 Å². The molecule has 118 valence electrons. The summed E-state index contributed by atoms with van der Waals surface area (Å²) >= 11 is 0. The molecule has 0 saturated heterocycles. The number of nitrogens with one attached hydrogen (secondary N) is 1. The van der Waals surface area contributed by atoms with Crippen molar-refractivity contribution < 1.29 is 28.5 Å². The van der Waals surface area contributed by atoms with Crippen LogP contribution in [-0.4, -0.2) is 41.9 Å². The van der Waals surface area contributed by atoms with Gasteiger partial charge in [0.05, 0.1) is 11.0 Å². The average molecular weight is 317 g/mol. The smallest absolute Gasteiger partial charge is 0.339 e. The van der Waals surface area contributed by atoms with Gasteiger partial charge in [0.2, 0.25) is 10.0 Å². The van der Waals surface area contributed by atoms with Crippen LogP contribution in [0, 0.1) is 6.92 Å². The first-order valence-corrected chi connectivity index (χ1v) is 7.80. The third-order valence-electron chi connectivity index (χ3n) is 2.86. The number of aryl methyl sites for hydroxylation is 1. The van der Waals surface area contributed by atoms with Crippen molar-refractivity contribution in [3.8, 4) is 5.75 Å². The predicted molar refractivity (Wildman–Crippen MR) is 75.9 cm³/mol. The second kappa shape index (κ2) is 6.42. The Morgan fingerprint density at radius 2 is 1.90 bits per heavy atom. The van der Waals surface area contributed by atoms with Crippen LogP contribution in [0.15, 0.2) is 17.0 Å². The zero-order valence-electron chi connectivity index (χ0n) is 12.0. The van der Waals surface area contributed by atoms with Crippen molar-refractivity contribution in [2.45, 2.75) is 44.2 Å². The van der Waals surface area contributed by atoms with Gasteiger partial charge in [0.1, 0.15) is 11.3 Å². The molecule has 0 saturated carbocycles. The molecule has 0 aromatic heterocycles. The van der Waals surface area contributed by atoms with Gasteiger partial charge in [-0.2, -0.15) is 0 Å². The quantitative estimate of drug-likeness (QED) is 0.616. The van der Waals surface area contributed by atoms with Crippen molar-refractivity contribution in [2.75, 3.05) is 0 Å². The second-order valence-electron chi connectivity index (χ2n) is 5.05. The maximum Gasteiger partial charge on any atom is 0.339 e. The van der Waals surface area contributed by atoms with Crippen LogP contribution >= 0.6 is 0 Å². The third-order valence-corrected chi connectivity index (χ3v) is 4.60. The summed E-state index contributed by atoms with van der Waals surface area (Å²) in [5.41, 5.74) is -0.251. The van der Waals surface area contributed by atoms with Gasteiger partial charge in [-0.3, -0.25) is 0 Å². The molecule has 1 aromatic rings. The molecule has 21 heavy (non-hydrogen) atoms. The van der Waals surface area contributed by atoms with Gasteiger partial charge >= 0.3 is 5.97 Å². The van der Waals surface area contributed by atoms with E-state index in [0.717, 1.165) is 12.1 Å². The topological polar surface area (TPSA) is 124 Å². The number of carboxylic acids is 1. The Hall–Kier alpha value is -1.64. The summed E-state index contributed by atoms with van der Waals surface area (Å²) in [6, 6.07) is 1.50. The zero-order chi connectivity index (χ0) is 16.4. The van der Waals surface area contributed by atoms with Crippen molar-refractivity contribution in [1.29, 1.82) is 0 Å². The molecule has 2 atom stereocenters. The van der Waals surface area contributed by atoms with Crippen LogP contribution in [-0.2, 0) is 10.0 Å². The van der Waals surface area contributed by atoms with E-state index in [9.17, 15) is 23.4 Å². The van der Waals surface area contributed by atoms with Crippen LogP contribution in [0.3, 0.4) is 0 Å². The lowest BCUT2D eigenvalue weighted by molar-refractivity contribution is 0.0693. The molecule has 0 radical (unpaired) electrons. The van der Waals surface area contributed by atoms with Crippen molar-refractivity contribution >= 4 is 16.0 Å². The number of aromatic hydroxyl groups is 1. The Morgan fingerprint density at radius 3 is 2.38 bits per heavy atom. The second-order valence-corrected chi connectivity index (χ2v) is 6.73. The Morgan fingerprint density at radius 1 is 1.33 bits per heavy atom. The fourth-order valence-corrected chi connectivity index (χ4v) is 3.53. The summed E-state index contributed by atoms with van der Waals surface area (Å²) in [6.07, 6.45) is -0.444. The van der Waals surface area contributed by atoms with E-state index in [1.807, 2.05) is 0 Å². The lowest BCUT2D eigenvalue weighted by Gasteiger charge is -2.17. The molecule has 4 N–H and O–H groups in total. The predicted octanol–water partition coefficient (Wildman–Crippen LogP) is 0.837. The summed E-state index contributed by atoms with van der Waals surface area (Å²) in [7, 11) is -3.94. The van der Waals surface area contributed by atoms with Crippen LogP contribution in [0.25, 0.3) is 0 Å². The first-order valence-electron chi connectivity index (χ1n) is 6.32. The normalized spacial score (nSPS) is 14.7. The molecule has 0 aliphatic rings. The highest BCUT2D eigenvalue weighted by molar-refractivity contribution is 7.89. The van der Waals surface area contributed by atoms with Gasteiger partial charge < -0.3 is 15.3 Å². The van der Waals surface area contributed by atoms with E-state index >= 15 is 0 Å². The molecule has 0 aliphatic heterocycles. The van der Waals surface area contributed by atoms with E-state index in [-0.39, 0.29) is 16.9 Å². The van der Waals surface area contributed by atoms with Crippen molar-refractivity contribution in [3.63, 3.8) is 0 Å². The van der Waals surface area contributed by atoms with Gasteiger partial charge in [-0.1, -0.05) is 0 Å².